The molecule has 0 radical (unpaired) electrons. The number of aryl methyl sites for hydroxylation is 1. The molecule has 106 valence electrons. The van der Waals surface area contributed by atoms with Gasteiger partial charge >= 0.3 is 7.12 Å². The lowest BCUT2D eigenvalue weighted by molar-refractivity contribution is 0.305. The fraction of sp³-hybridized carbons (Fsp3) is 0.133. The molecular formula is C15H13BFNO3. The van der Waals surface area contributed by atoms with Crippen molar-refractivity contribution in [3.63, 3.8) is 0 Å². The fourth-order valence-corrected chi connectivity index (χ4v) is 1.94. The number of rotatable bonds is 4. The zero-order chi connectivity index (χ0) is 15.4. The summed E-state index contributed by atoms with van der Waals surface area (Å²) in [6.07, 6.45) is 0. The van der Waals surface area contributed by atoms with Crippen LogP contribution in [0.1, 0.15) is 16.7 Å². The molecule has 2 aromatic carbocycles. The van der Waals surface area contributed by atoms with E-state index >= 15 is 0 Å². The molecule has 4 nitrogen and oxygen atoms in total. The Morgan fingerprint density at radius 3 is 2.62 bits per heavy atom. The highest BCUT2D eigenvalue weighted by Gasteiger charge is 2.18. The lowest BCUT2D eigenvalue weighted by Crippen LogP contribution is -2.31. The number of nitriles is 1. The molecule has 0 saturated heterocycles. The van der Waals surface area contributed by atoms with Gasteiger partial charge in [-0.1, -0.05) is 6.07 Å². The molecule has 2 aromatic rings. The Bertz CT molecular complexity index is 698. The Morgan fingerprint density at radius 1 is 1.24 bits per heavy atom. The van der Waals surface area contributed by atoms with Crippen molar-refractivity contribution in [2.45, 2.75) is 13.5 Å². The Labute approximate surface area is 122 Å². The molecular weight excluding hydrogens is 272 g/mol. The average molecular weight is 285 g/mol. The van der Waals surface area contributed by atoms with E-state index in [9.17, 15) is 14.4 Å². The van der Waals surface area contributed by atoms with E-state index in [0.29, 0.717) is 5.56 Å². The Balaban J connectivity index is 2.19. The molecule has 0 bridgehead atoms. The molecule has 0 saturated carbocycles. The molecule has 21 heavy (non-hydrogen) atoms. The number of ether oxygens (including phenoxy) is 1. The summed E-state index contributed by atoms with van der Waals surface area (Å²) in [6, 6.07) is 10.8. The fourth-order valence-electron chi connectivity index (χ4n) is 1.94. The topological polar surface area (TPSA) is 73.5 Å². The third-order valence-corrected chi connectivity index (χ3v) is 3.10. The van der Waals surface area contributed by atoms with Crippen LogP contribution in [-0.2, 0) is 6.61 Å². The Hall–Kier alpha value is -2.36. The Kier molecular flexibility index (Phi) is 4.58. The van der Waals surface area contributed by atoms with Gasteiger partial charge in [-0.3, -0.25) is 0 Å². The van der Waals surface area contributed by atoms with Gasteiger partial charge in [0.1, 0.15) is 18.2 Å². The van der Waals surface area contributed by atoms with Crippen LogP contribution in [0.15, 0.2) is 36.4 Å². The van der Waals surface area contributed by atoms with Crippen molar-refractivity contribution < 1.29 is 19.2 Å². The maximum Gasteiger partial charge on any atom is 0.492 e. The second-order valence-corrected chi connectivity index (χ2v) is 4.60. The first-order valence-corrected chi connectivity index (χ1v) is 6.29. The highest BCUT2D eigenvalue weighted by atomic mass is 19.1. The van der Waals surface area contributed by atoms with Gasteiger partial charge in [0, 0.05) is 5.46 Å². The minimum absolute atomic E-state index is 0.0266. The summed E-state index contributed by atoms with van der Waals surface area (Å²) in [7, 11) is -1.81. The maximum absolute atomic E-state index is 13.1. The average Bonchev–Trinajstić information content (AvgIpc) is 2.46. The van der Waals surface area contributed by atoms with Gasteiger partial charge in [-0.2, -0.15) is 5.26 Å². The standard InChI is InChI=1S/C15H13BFNO3/c1-10-6-11(8-18)2-3-12(10)9-21-15-5-4-13(17)7-14(15)16(19)20/h2-7,19-20H,9H2,1H3. The number of hydrogen-bond donors (Lipinski definition) is 2. The van der Waals surface area contributed by atoms with Crippen molar-refractivity contribution >= 4 is 12.6 Å². The largest absolute Gasteiger partial charge is 0.492 e. The van der Waals surface area contributed by atoms with E-state index in [1.165, 1.54) is 12.1 Å². The molecule has 0 unspecified atom stereocenters. The summed E-state index contributed by atoms with van der Waals surface area (Å²) >= 11 is 0. The van der Waals surface area contributed by atoms with Gasteiger partial charge in [0.2, 0.25) is 0 Å². The molecule has 0 amide bonds. The van der Waals surface area contributed by atoms with Gasteiger partial charge in [0.05, 0.1) is 11.6 Å². The number of benzene rings is 2. The zero-order valence-electron chi connectivity index (χ0n) is 11.4. The van der Waals surface area contributed by atoms with Gasteiger partial charge in [-0.25, -0.2) is 4.39 Å². The second-order valence-electron chi connectivity index (χ2n) is 4.60. The van der Waals surface area contributed by atoms with Crippen LogP contribution in [0.3, 0.4) is 0 Å². The molecule has 0 fully saturated rings. The van der Waals surface area contributed by atoms with Gasteiger partial charge in [0.15, 0.2) is 0 Å². The lowest BCUT2D eigenvalue weighted by Gasteiger charge is -2.12. The molecule has 6 heteroatoms. The van der Waals surface area contributed by atoms with Crippen molar-refractivity contribution in [2.75, 3.05) is 0 Å². The molecule has 0 aliphatic heterocycles. The summed E-state index contributed by atoms with van der Waals surface area (Å²) in [6.45, 7) is 2.04. The Morgan fingerprint density at radius 2 is 2.00 bits per heavy atom. The van der Waals surface area contributed by atoms with Crippen molar-refractivity contribution in [3.05, 3.63) is 58.9 Å². The zero-order valence-corrected chi connectivity index (χ0v) is 11.4. The van der Waals surface area contributed by atoms with Crippen LogP contribution in [0.25, 0.3) is 0 Å². The molecule has 0 heterocycles. The predicted molar refractivity (Wildman–Crippen MR) is 76.5 cm³/mol. The van der Waals surface area contributed by atoms with Crippen LogP contribution in [0, 0.1) is 24.1 Å². The van der Waals surface area contributed by atoms with Gasteiger partial charge in [-0.05, 0) is 48.4 Å². The third-order valence-electron chi connectivity index (χ3n) is 3.10. The highest BCUT2D eigenvalue weighted by Crippen LogP contribution is 2.15. The predicted octanol–water partition coefficient (Wildman–Crippen LogP) is 1.26. The van der Waals surface area contributed by atoms with Crippen LogP contribution >= 0.6 is 0 Å². The van der Waals surface area contributed by atoms with Crippen LogP contribution in [0.4, 0.5) is 4.39 Å². The van der Waals surface area contributed by atoms with Gasteiger partial charge in [0.25, 0.3) is 0 Å². The van der Waals surface area contributed by atoms with E-state index < -0.39 is 12.9 Å². The van der Waals surface area contributed by atoms with Crippen LogP contribution < -0.4 is 10.2 Å². The smallest absolute Gasteiger partial charge is 0.489 e. The van der Waals surface area contributed by atoms with Gasteiger partial charge in [-0.15, -0.1) is 0 Å². The molecule has 2 rings (SSSR count). The lowest BCUT2D eigenvalue weighted by atomic mass is 9.79. The van der Waals surface area contributed by atoms with Crippen molar-refractivity contribution in [3.8, 4) is 11.8 Å². The molecule has 0 spiro atoms. The van der Waals surface area contributed by atoms with E-state index in [2.05, 4.69) is 6.07 Å². The monoisotopic (exact) mass is 285 g/mol. The summed E-state index contributed by atoms with van der Waals surface area (Å²) in [5.74, 6) is -0.366. The molecule has 0 aliphatic rings. The van der Waals surface area contributed by atoms with Crippen LogP contribution in [0.5, 0.6) is 5.75 Å². The molecule has 0 aromatic heterocycles. The van der Waals surface area contributed by atoms with Crippen LogP contribution in [-0.4, -0.2) is 17.2 Å². The van der Waals surface area contributed by atoms with E-state index in [1.807, 2.05) is 6.92 Å². The third kappa shape index (κ3) is 3.60. The number of halogens is 1. The first-order chi connectivity index (χ1) is 10.0. The quantitative estimate of drug-likeness (QED) is 0.829. The van der Waals surface area contributed by atoms with E-state index in [-0.39, 0.29) is 17.8 Å². The highest BCUT2D eigenvalue weighted by molar-refractivity contribution is 6.59. The minimum Gasteiger partial charge on any atom is -0.489 e. The molecule has 0 aliphatic carbocycles. The summed E-state index contributed by atoms with van der Waals surface area (Å²) in [5.41, 5.74) is 2.28. The maximum atomic E-state index is 13.1. The molecule has 0 atom stereocenters. The van der Waals surface area contributed by atoms with Crippen molar-refractivity contribution in [2.24, 2.45) is 0 Å². The summed E-state index contributed by atoms with van der Waals surface area (Å²) in [5, 5.41) is 27.3. The first-order valence-electron chi connectivity index (χ1n) is 6.29. The minimum atomic E-state index is -1.81. The number of nitrogens with zero attached hydrogens (tertiary/aromatic N) is 1. The summed E-state index contributed by atoms with van der Waals surface area (Å²) < 4.78 is 18.6. The van der Waals surface area contributed by atoms with E-state index in [1.54, 1.807) is 18.2 Å². The van der Waals surface area contributed by atoms with Gasteiger partial charge < -0.3 is 14.8 Å². The second kappa shape index (κ2) is 6.40. The SMILES string of the molecule is Cc1cc(C#N)ccc1COc1ccc(F)cc1B(O)O. The molecule has 2 N–H and O–H groups in total. The van der Waals surface area contributed by atoms with Crippen LogP contribution in [0.2, 0.25) is 0 Å². The number of hydrogen-bond acceptors (Lipinski definition) is 4. The van der Waals surface area contributed by atoms with E-state index in [4.69, 9.17) is 10.00 Å². The van der Waals surface area contributed by atoms with Crippen molar-refractivity contribution in [1.82, 2.24) is 0 Å². The first kappa shape index (κ1) is 15.0. The van der Waals surface area contributed by atoms with Crippen molar-refractivity contribution in [1.29, 1.82) is 5.26 Å². The summed E-state index contributed by atoms with van der Waals surface area (Å²) in [4.78, 5) is 0. The van der Waals surface area contributed by atoms with E-state index in [0.717, 1.165) is 17.2 Å². The normalized spacial score (nSPS) is 10.0.